The second kappa shape index (κ2) is 9.72. The van der Waals surface area contributed by atoms with Crippen LogP contribution in [0, 0.1) is 0 Å². The zero-order valence-electron chi connectivity index (χ0n) is 13.1. The third kappa shape index (κ3) is 6.35. The fraction of sp³-hybridized carbons (Fsp3) is 0.688. The van der Waals surface area contributed by atoms with E-state index in [4.69, 9.17) is 10.6 Å². The summed E-state index contributed by atoms with van der Waals surface area (Å²) in [7, 11) is 0. The van der Waals surface area contributed by atoms with Gasteiger partial charge in [-0.15, -0.1) is 0 Å². The number of pyridine rings is 1. The van der Waals surface area contributed by atoms with E-state index in [-0.39, 0.29) is 12.1 Å². The van der Waals surface area contributed by atoms with Gasteiger partial charge in [0.2, 0.25) is 0 Å². The molecule has 0 saturated heterocycles. The Kier molecular flexibility index (Phi) is 8.23. The average Bonchev–Trinajstić information content (AvgIpc) is 2.42. The van der Waals surface area contributed by atoms with Crippen molar-refractivity contribution in [3.05, 3.63) is 24.0 Å². The Hall–Kier alpha value is -1.13. The van der Waals surface area contributed by atoms with Gasteiger partial charge in [-0.25, -0.2) is 0 Å². The van der Waals surface area contributed by atoms with E-state index < -0.39 is 0 Å². The normalized spacial score (nSPS) is 12.7. The van der Waals surface area contributed by atoms with Gasteiger partial charge in [0.25, 0.3) is 0 Å². The summed E-state index contributed by atoms with van der Waals surface area (Å²) in [6.07, 6.45) is 11.2. The number of nitrogens with one attached hydrogen (secondary N) is 1. The topological polar surface area (TPSA) is 60.2 Å². The van der Waals surface area contributed by atoms with Gasteiger partial charge in [0, 0.05) is 12.2 Å². The summed E-state index contributed by atoms with van der Waals surface area (Å²) in [5, 5.41) is 0. The standard InChI is InChI=1S/C16H29N3O/c1-4-5-6-7-8-9-16(19-17)14-10-15(12-18-11-14)20-13(2)3/h10-13,16,19H,4-9,17H2,1-3H3. The molecule has 0 fully saturated rings. The maximum atomic E-state index is 5.68. The summed E-state index contributed by atoms with van der Waals surface area (Å²) in [6.45, 7) is 6.26. The van der Waals surface area contributed by atoms with E-state index in [0.717, 1.165) is 17.7 Å². The molecule has 4 heteroatoms. The molecule has 1 atom stereocenters. The van der Waals surface area contributed by atoms with Crippen molar-refractivity contribution < 1.29 is 4.74 Å². The predicted octanol–water partition coefficient (Wildman–Crippen LogP) is 3.73. The van der Waals surface area contributed by atoms with Crippen LogP contribution in [0.4, 0.5) is 0 Å². The van der Waals surface area contributed by atoms with Gasteiger partial charge in [-0.3, -0.25) is 16.3 Å². The van der Waals surface area contributed by atoms with Crippen LogP contribution in [0.3, 0.4) is 0 Å². The van der Waals surface area contributed by atoms with E-state index in [9.17, 15) is 0 Å². The number of hydrogen-bond acceptors (Lipinski definition) is 4. The van der Waals surface area contributed by atoms with Crippen LogP contribution in [0.25, 0.3) is 0 Å². The lowest BCUT2D eigenvalue weighted by Gasteiger charge is -2.17. The smallest absolute Gasteiger partial charge is 0.138 e. The molecule has 1 aromatic heterocycles. The summed E-state index contributed by atoms with van der Waals surface area (Å²) in [6, 6.07) is 2.18. The van der Waals surface area contributed by atoms with Crippen LogP contribution in [-0.2, 0) is 0 Å². The van der Waals surface area contributed by atoms with Crippen LogP contribution in [0.5, 0.6) is 5.75 Å². The number of hydrogen-bond donors (Lipinski definition) is 2. The third-order valence-corrected chi connectivity index (χ3v) is 3.31. The van der Waals surface area contributed by atoms with Gasteiger partial charge in [-0.05, 0) is 31.9 Å². The quantitative estimate of drug-likeness (QED) is 0.389. The summed E-state index contributed by atoms with van der Waals surface area (Å²) >= 11 is 0. The van der Waals surface area contributed by atoms with Crippen LogP contribution in [-0.4, -0.2) is 11.1 Å². The molecule has 0 saturated carbocycles. The van der Waals surface area contributed by atoms with Crippen molar-refractivity contribution in [1.82, 2.24) is 10.4 Å². The van der Waals surface area contributed by atoms with Crippen LogP contribution < -0.4 is 16.0 Å². The minimum atomic E-state index is 0.153. The zero-order chi connectivity index (χ0) is 14.8. The number of nitrogens with two attached hydrogens (primary N) is 1. The third-order valence-electron chi connectivity index (χ3n) is 3.31. The highest BCUT2D eigenvalue weighted by molar-refractivity contribution is 5.26. The first kappa shape index (κ1) is 16.9. The number of nitrogens with zero attached hydrogens (tertiary/aromatic N) is 1. The Balaban J connectivity index is 2.51. The summed E-state index contributed by atoms with van der Waals surface area (Å²) < 4.78 is 5.68. The number of unbranched alkanes of at least 4 members (excludes halogenated alkanes) is 4. The van der Waals surface area contributed by atoms with Crippen molar-refractivity contribution in [3.63, 3.8) is 0 Å². The van der Waals surface area contributed by atoms with Gasteiger partial charge in [-0.2, -0.15) is 0 Å². The second-order valence-electron chi connectivity index (χ2n) is 5.54. The molecule has 0 bridgehead atoms. The van der Waals surface area contributed by atoms with Crippen LogP contribution in [0.15, 0.2) is 18.5 Å². The summed E-state index contributed by atoms with van der Waals surface area (Å²) in [5.41, 5.74) is 3.99. The minimum absolute atomic E-state index is 0.153. The lowest BCUT2D eigenvalue weighted by atomic mass is 10.0. The molecular weight excluding hydrogens is 250 g/mol. The molecule has 0 amide bonds. The van der Waals surface area contributed by atoms with Crippen molar-refractivity contribution >= 4 is 0 Å². The van der Waals surface area contributed by atoms with Crippen molar-refractivity contribution in [2.45, 2.75) is 71.4 Å². The molecule has 1 aromatic rings. The van der Waals surface area contributed by atoms with Gasteiger partial charge < -0.3 is 4.74 Å². The molecule has 4 nitrogen and oxygen atoms in total. The first-order chi connectivity index (χ1) is 9.67. The van der Waals surface area contributed by atoms with Crippen LogP contribution in [0.1, 0.15) is 70.9 Å². The van der Waals surface area contributed by atoms with E-state index in [0.29, 0.717) is 0 Å². The van der Waals surface area contributed by atoms with Gasteiger partial charge in [0.1, 0.15) is 5.75 Å². The number of aromatic nitrogens is 1. The Labute approximate surface area is 123 Å². The summed E-state index contributed by atoms with van der Waals surface area (Å²) in [4.78, 5) is 4.24. The molecule has 1 heterocycles. The minimum Gasteiger partial charge on any atom is -0.489 e. The molecule has 0 radical (unpaired) electrons. The highest BCUT2D eigenvalue weighted by atomic mass is 16.5. The fourth-order valence-electron chi connectivity index (χ4n) is 2.26. The summed E-state index contributed by atoms with van der Waals surface area (Å²) in [5.74, 6) is 6.49. The van der Waals surface area contributed by atoms with E-state index in [1.54, 1.807) is 6.20 Å². The molecule has 0 spiro atoms. The Bertz CT molecular complexity index is 368. The average molecular weight is 279 g/mol. The lowest BCUT2D eigenvalue weighted by molar-refractivity contribution is 0.241. The lowest BCUT2D eigenvalue weighted by Crippen LogP contribution is -2.28. The maximum absolute atomic E-state index is 5.68. The van der Waals surface area contributed by atoms with E-state index in [1.165, 1.54) is 32.1 Å². The first-order valence-corrected chi connectivity index (χ1v) is 7.75. The van der Waals surface area contributed by atoms with Gasteiger partial charge in [0.15, 0.2) is 0 Å². The largest absolute Gasteiger partial charge is 0.489 e. The van der Waals surface area contributed by atoms with E-state index >= 15 is 0 Å². The molecule has 20 heavy (non-hydrogen) atoms. The SMILES string of the molecule is CCCCCCCC(NN)c1cncc(OC(C)C)c1. The van der Waals surface area contributed by atoms with Crippen LogP contribution in [0.2, 0.25) is 0 Å². The molecule has 1 unspecified atom stereocenters. The van der Waals surface area contributed by atoms with Crippen molar-refractivity contribution in [3.8, 4) is 5.75 Å². The molecular formula is C16H29N3O. The first-order valence-electron chi connectivity index (χ1n) is 7.75. The van der Waals surface area contributed by atoms with Crippen LogP contribution >= 0.6 is 0 Å². The monoisotopic (exact) mass is 279 g/mol. The highest BCUT2D eigenvalue weighted by Crippen LogP contribution is 2.22. The Morgan fingerprint density at radius 2 is 1.95 bits per heavy atom. The number of hydrazine groups is 1. The van der Waals surface area contributed by atoms with E-state index in [2.05, 4.69) is 17.3 Å². The Morgan fingerprint density at radius 1 is 1.20 bits per heavy atom. The zero-order valence-corrected chi connectivity index (χ0v) is 13.1. The van der Waals surface area contributed by atoms with E-state index in [1.807, 2.05) is 26.1 Å². The molecule has 0 aromatic carbocycles. The van der Waals surface area contributed by atoms with Crippen molar-refractivity contribution in [2.75, 3.05) is 0 Å². The fourth-order valence-corrected chi connectivity index (χ4v) is 2.26. The molecule has 114 valence electrons. The molecule has 0 aliphatic heterocycles. The molecule has 1 rings (SSSR count). The van der Waals surface area contributed by atoms with Crippen molar-refractivity contribution in [2.24, 2.45) is 5.84 Å². The van der Waals surface area contributed by atoms with Gasteiger partial charge >= 0.3 is 0 Å². The Morgan fingerprint density at radius 3 is 2.60 bits per heavy atom. The predicted molar refractivity (Wildman–Crippen MR) is 83.4 cm³/mol. The highest BCUT2D eigenvalue weighted by Gasteiger charge is 2.11. The maximum Gasteiger partial charge on any atom is 0.138 e. The number of rotatable bonds is 10. The second-order valence-corrected chi connectivity index (χ2v) is 5.54. The molecule has 0 aliphatic rings. The number of ether oxygens (including phenoxy) is 1. The van der Waals surface area contributed by atoms with Crippen molar-refractivity contribution in [1.29, 1.82) is 0 Å². The van der Waals surface area contributed by atoms with Gasteiger partial charge in [0.05, 0.1) is 12.3 Å². The molecule has 0 aliphatic carbocycles. The molecule has 3 N–H and O–H groups in total. The van der Waals surface area contributed by atoms with Gasteiger partial charge in [-0.1, -0.05) is 39.0 Å².